The van der Waals surface area contributed by atoms with E-state index in [4.69, 9.17) is 16.3 Å². The van der Waals surface area contributed by atoms with Crippen LogP contribution in [-0.4, -0.2) is 18.0 Å². The number of hydrogen-bond acceptors (Lipinski definition) is 2. The first-order valence-electron chi connectivity index (χ1n) is 6.87. The number of alkyl halides is 1. The first-order valence-corrected chi connectivity index (χ1v) is 7.40. The van der Waals surface area contributed by atoms with Gasteiger partial charge in [0, 0.05) is 34.8 Å². The van der Waals surface area contributed by atoms with Gasteiger partial charge >= 0.3 is 0 Å². The number of rotatable bonds is 5. The van der Waals surface area contributed by atoms with Crippen molar-refractivity contribution in [1.82, 2.24) is 4.98 Å². The molecule has 21 heavy (non-hydrogen) atoms. The average Bonchev–Trinajstić information content (AvgIpc) is 2.47. The largest absolute Gasteiger partial charge is 0.496 e. The summed E-state index contributed by atoms with van der Waals surface area (Å²) in [6.45, 7) is 3.96. The minimum atomic E-state index is -0.242. The van der Waals surface area contributed by atoms with Crippen LogP contribution in [0.15, 0.2) is 30.5 Å². The molecule has 0 saturated carbocycles. The van der Waals surface area contributed by atoms with Crippen LogP contribution in [0.1, 0.15) is 28.3 Å². The van der Waals surface area contributed by atoms with Crippen molar-refractivity contribution in [3.8, 4) is 5.75 Å². The molecule has 0 saturated heterocycles. The molecule has 0 amide bonds. The van der Waals surface area contributed by atoms with E-state index in [1.807, 2.05) is 19.9 Å². The van der Waals surface area contributed by atoms with Crippen LogP contribution in [0.4, 0.5) is 4.39 Å². The molecular weight excluding hydrogens is 289 g/mol. The van der Waals surface area contributed by atoms with Gasteiger partial charge in [-0.2, -0.15) is 0 Å². The van der Waals surface area contributed by atoms with Crippen LogP contribution in [0, 0.1) is 19.7 Å². The number of halogens is 2. The van der Waals surface area contributed by atoms with E-state index < -0.39 is 0 Å². The van der Waals surface area contributed by atoms with Gasteiger partial charge in [-0.3, -0.25) is 4.98 Å². The van der Waals surface area contributed by atoms with Crippen LogP contribution >= 0.6 is 11.6 Å². The van der Waals surface area contributed by atoms with Crippen LogP contribution in [0.25, 0.3) is 0 Å². The summed E-state index contributed by atoms with van der Waals surface area (Å²) in [7, 11) is 1.66. The van der Waals surface area contributed by atoms with Gasteiger partial charge in [0.05, 0.1) is 7.11 Å². The van der Waals surface area contributed by atoms with Crippen molar-refractivity contribution in [2.24, 2.45) is 0 Å². The van der Waals surface area contributed by atoms with Gasteiger partial charge in [-0.05, 0) is 38.0 Å². The molecule has 1 heterocycles. The summed E-state index contributed by atoms with van der Waals surface area (Å²) in [5, 5.41) is 0. The Morgan fingerprint density at radius 2 is 2.10 bits per heavy atom. The normalized spacial score (nSPS) is 12.2. The van der Waals surface area contributed by atoms with E-state index in [2.05, 4.69) is 4.98 Å². The van der Waals surface area contributed by atoms with Crippen molar-refractivity contribution in [3.05, 3.63) is 58.7 Å². The van der Waals surface area contributed by atoms with Crippen LogP contribution in [-0.2, 0) is 6.42 Å². The average molecular weight is 308 g/mol. The molecule has 0 bridgehead atoms. The van der Waals surface area contributed by atoms with Crippen molar-refractivity contribution in [3.63, 3.8) is 0 Å². The number of hydrogen-bond donors (Lipinski definition) is 0. The number of methoxy groups -OCH3 is 1. The number of pyridine rings is 1. The SMILES string of the molecule is COc1c(C)cnc(CC(CCl)c2cccc(F)c2)c1C. The molecule has 1 aromatic carbocycles. The number of benzene rings is 1. The van der Waals surface area contributed by atoms with Gasteiger partial charge in [-0.25, -0.2) is 4.39 Å². The van der Waals surface area contributed by atoms with Crippen LogP contribution in [0.2, 0.25) is 0 Å². The Kier molecular flexibility index (Phi) is 5.18. The fourth-order valence-corrected chi connectivity index (χ4v) is 2.82. The molecule has 1 unspecified atom stereocenters. The summed E-state index contributed by atoms with van der Waals surface area (Å²) < 4.78 is 18.8. The Labute approximate surface area is 129 Å². The quantitative estimate of drug-likeness (QED) is 0.763. The molecule has 0 radical (unpaired) electrons. The fourth-order valence-electron chi connectivity index (χ4n) is 2.53. The van der Waals surface area contributed by atoms with Crippen LogP contribution in [0.3, 0.4) is 0 Å². The van der Waals surface area contributed by atoms with E-state index in [1.54, 1.807) is 19.4 Å². The molecule has 112 valence electrons. The van der Waals surface area contributed by atoms with E-state index in [9.17, 15) is 4.39 Å². The maximum Gasteiger partial charge on any atom is 0.128 e. The number of ether oxygens (including phenoxy) is 1. The van der Waals surface area contributed by atoms with Gasteiger partial charge in [0.25, 0.3) is 0 Å². The predicted octanol–water partition coefficient (Wildman–Crippen LogP) is 4.41. The molecular formula is C17H19ClFNO. The summed E-state index contributed by atoms with van der Waals surface area (Å²) >= 11 is 6.08. The molecule has 2 rings (SSSR count). The third-order valence-electron chi connectivity index (χ3n) is 3.70. The first kappa shape index (κ1) is 15.8. The molecule has 2 nitrogen and oxygen atoms in total. The van der Waals surface area contributed by atoms with E-state index >= 15 is 0 Å². The van der Waals surface area contributed by atoms with Crippen molar-refractivity contribution in [2.75, 3.05) is 13.0 Å². The number of aryl methyl sites for hydroxylation is 1. The zero-order chi connectivity index (χ0) is 15.4. The number of nitrogens with zero attached hydrogens (tertiary/aromatic N) is 1. The lowest BCUT2D eigenvalue weighted by atomic mass is 9.93. The lowest BCUT2D eigenvalue weighted by Crippen LogP contribution is -2.09. The number of aromatic nitrogens is 1. The monoisotopic (exact) mass is 307 g/mol. The lowest BCUT2D eigenvalue weighted by Gasteiger charge is -2.17. The molecule has 1 aromatic heterocycles. The van der Waals surface area contributed by atoms with Crippen molar-refractivity contribution in [2.45, 2.75) is 26.2 Å². The molecule has 0 aliphatic rings. The minimum Gasteiger partial charge on any atom is -0.496 e. The topological polar surface area (TPSA) is 22.1 Å². The first-order chi connectivity index (χ1) is 10.1. The third kappa shape index (κ3) is 3.53. The molecule has 4 heteroatoms. The molecule has 1 atom stereocenters. The molecule has 0 spiro atoms. The molecule has 2 aromatic rings. The summed E-state index contributed by atoms with van der Waals surface area (Å²) in [6.07, 6.45) is 2.47. The van der Waals surface area contributed by atoms with Gasteiger partial charge in [-0.1, -0.05) is 12.1 Å². The predicted molar refractivity (Wildman–Crippen MR) is 83.8 cm³/mol. The van der Waals surface area contributed by atoms with E-state index in [0.29, 0.717) is 12.3 Å². The zero-order valence-electron chi connectivity index (χ0n) is 12.5. The minimum absolute atomic E-state index is 0.0287. The Hall–Kier alpha value is -1.61. The zero-order valence-corrected chi connectivity index (χ0v) is 13.2. The van der Waals surface area contributed by atoms with Gasteiger partial charge < -0.3 is 4.74 Å². The van der Waals surface area contributed by atoms with Crippen molar-refractivity contribution in [1.29, 1.82) is 0 Å². The maximum absolute atomic E-state index is 13.4. The summed E-state index contributed by atoms with van der Waals surface area (Å²) in [5.74, 6) is 1.06. The third-order valence-corrected chi connectivity index (χ3v) is 4.07. The standard InChI is InChI=1S/C17H19ClFNO/c1-11-10-20-16(12(2)17(11)21-3)8-14(9-18)13-5-4-6-15(19)7-13/h4-7,10,14H,8-9H2,1-3H3. The van der Waals surface area contributed by atoms with Gasteiger partial charge in [0.1, 0.15) is 11.6 Å². The second-order valence-electron chi connectivity index (χ2n) is 5.16. The molecule has 0 aliphatic heterocycles. The molecule has 0 aliphatic carbocycles. The van der Waals surface area contributed by atoms with Gasteiger partial charge in [0.2, 0.25) is 0 Å². The lowest BCUT2D eigenvalue weighted by molar-refractivity contribution is 0.406. The summed E-state index contributed by atoms with van der Waals surface area (Å²) in [6, 6.07) is 6.58. The maximum atomic E-state index is 13.4. The Morgan fingerprint density at radius 3 is 2.71 bits per heavy atom. The van der Waals surface area contributed by atoms with Crippen LogP contribution < -0.4 is 4.74 Å². The highest BCUT2D eigenvalue weighted by molar-refractivity contribution is 6.18. The van der Waals surface area contributed by atoms with E-state index in [-0.39, 0.29) is 11.7 Å². The van der Waals surface area contributed by atoms with Crippen molar-refractivity contribution >= 4 is 11.6 Å². The highest BCUT2D eigenvalue weighted by Crippen LogP contribution is 2.29. The smallest absolute Gasteiger partial charge is 0.128 e. The van der Waals surface area contributed by atoms with E-state index in [0.717, 1.165) is 28.1 Å². The summed E-state index contributed by atoms with van der Waals surface area (Å²) in [4.78, 5) is 4.49. The molecule has 0 fully saturated rings. The van der Waals surface area contributed by atoms with E-state index in [1.165, 1.54) is 12.1 Å². The van der Waals surface area contributed by atoms with Gasteiger partial charge in [-0.15, -0.1) is 11.6 Å². The highest BCUT2D eigenvalue weighted by Gasteiger charge is 2.17. The molecule has 0 N–H and O–H groups in total. The van der Waals surface area contributed by atoms with Crippen molar-refractivity contribution < 1.29 is 9.13 Å². The Bertz CT molecular complexity index is 630. The second-order valence-corrected chi connectivity index (χ2v) is 5.47. The summed E-state index contributed by atoms with van der Waals surface area (Å²) in [5.41, 5.74) is 3.86. The highest BCUT2D eigenvalue weighted by atomic mass is 35.5. The van der Waals surface area contributed by atoms with Gasteiger partial charge in [0.15, 0.2) is 0 Å². The fraction of sp³-hybridized carbons (Fsp3) is 0.353. The Balaban J connectivity index is 2.31. The second kappa shape index (κ2) is 6.90. The Morgan fingerprint density at radius 1 is 1.33 bits per heavy atom. The van der Waals surface area contributed by atoms with Crippen LogP contribution in [0.5, 0.6) is 5.75 Å².